The van der Waals surface area contributed by atoms with Crippen LogP contribution in [0.15, 0.2) is 24.3 Å². The summed E-state index contributed by atoms with van der Waals surface area (Å²) < 4.78 is 4.77. The number of nitrogens with one attached hydrogen (secondary N) is 1. The molecule has 0 aliphatic rings. The molecule has 0 bridgehead atoms. The van der Waals surface area contributed by atoms with Crippen molar-refractivity contribution in [1.29, 1.82) is 0 Å². The molecule has 0 aliphatic heterocycles. The molecule has 134 valence electrons. The van der Waals surface area contributed by atoms with Gasteiger partial charge in [-0.25, -0.2) is 4.79 Å². The first-order valence-electron chi connectivity index (χ1n) is 8.36. The molecule has 0 aromatic heterocycles. The zero-order chi connectivity index (χ0) is 18.3. The molecule has 1 N–H and O–H groups in total. The monoisotopic (exact) mass is 334 g/mol. The van der Waals surface area contributed by atoms with Crippen LogP contribution < -0.4 is 5.32 Å². The van der Waals surface area contributed by atoms with E-state index in [-0.39, 0.29) is 11.8 Å². The lowest BCUT2D eigenvalue weighted by molar-refractivity contribution is -0.145. The van der Waals surface area contributed by atoms with Crippen molar-refractivity contribution in [3.8, 4) is 0 Å². The van der Waals surface area contributed by atoms with Crippen LogP contribution in [0.4, 0.5) is 0 Å². The molecule has 5 nitrogen and oxygen atoms in total. The Bertz CT molecular complexity index is 538. The first kappa shape index (κ1) is 20.2. The molecule has 0 fully saturated rings. The predicted molar refractivity (Wildman–Crippen MR) is 95.9 cm³/mol. The number of methoxy groups -OCH3 is 1. The number of likely N-dealkylation sites (N-methyl/N-ethyl adjacent to an activating group) is 1. The van der Waals surface area contributed by atoms with Crippen molar-refractivity contribution in [2.45, 2.75) is 39.2 Å². The average molecular weight is 334 g/mol. The molecule has 5 heteroatoms. The number of rotatable bonds is 8. The zero-order valence-corrected chi connectivity index (χ0v) is 15.6. The molecular weight excluding hydrogens is 304 g/mol. The van der Waals surface area contributed by atoms with Crippen LogP contribution in [-0.2, 0) is 20.7 Å². The highest BCUT2D eigenvalue weighted by Crippen LogP contribution is 2.18. The summed E-state index contributed by atoms with van der Waals surface area (Å²) in [7, 11) is 5.02. The third-order valence-corrected chi connectivity index (χ3v) is 3.87. The van der Waals surface area contributed by atoms with Crippen molar-refractivity contribution in [3.05, 3.63) is 35.4 Å². The summed E-state index contributed by atoms with van der Waals surface area (Å²) in [5.74, 6) is -0.337. The fraction of sp³-hybridized carbons (Fsp3) is 0.579. The summed E-state index contributed by atoms with van der Waals surface area (Å²) in [6.45, 7) is 6.61. The first-order valence-corrected chi connectivity index (χ1v) is 8.36. The van der Waals surface area contributed by atoms with Gasteiger partial charge in [-0.05, 0) is 44.5 Å². The average Bonchev–Trinajstić information content (AvgIpc) is 2.52. The lowest BCUT2D eigenvalue weighted by atomic mass is 9.96. The third-order valence-electron chi connectivity index (χ3n) is 3.87. The van der Waals surface area contributed by atoms with E-state index in [4.69, 9.17) is 4.74 Å². The fourth-order valence-electron chi connectivity index (χ4n) is 2.55. The fourth-order valence-corrected chi connectivity index (χ4v) is 2.55. The molecule has 0 saturated heterocycles. The molecule has 0 radical (unpaired) electrons. The van der Waals surface area contributed by atoms with Crippen molar-refractivity contribution in [1.82, 2.24) is 10.2 Å². The molecule has 24 heavy (non-hydrogen) atoms. The van der Waals surface area contributed by atoms with Gasteiger partial charge in [0.05, 0.1) is 13.0 Å². The number of ether oxygens (including phenoxy) is 1. The van der Waals surface area contributed by atoms with E-state index in [0.29, 0.717) is 12.5 Å². The van der Waals surface area contributed by atoms with Gasteiger partial charge in [-0.1, -0.05) is 38.1 Å². The van der Waals surface area contributed by atoms with Gasteiger partial charge in [-0.15, -0.1) is 0 Å². The van der Waals surface area contributed by atoms with Gasteiger partial charge in [0.15, 0.2) is 0 Å². The summed E-state index contributed by atoms with van der Waals surface area (Å²) >= 11 is 0. The molecular formula is C19H30N2O3. The van der Waals surface area contributed by atoms with Gasteiger partial charge >= 0.3 is 5.97 Å². The van der Waals surface area contributed by atoms with Crippen LogP contribution in [-0.4, -0.2) is 50.6 Å². The molecule has 1 amide bonds. The SMILES string of the molecule is COC(=O)C(CN(C)C)NC(=O)C(C)c1ccc(CC(C)C)cc1. The summed E-state index contributed by atoms with van der Waals surface area (Å²) in [5.41, 5.74) is 2.20. The lowest BCUT2D eigenvalue weighted by Gasteiger charge is -2.22. The summed E-state index contributed by atoms with van der Waals surface area (Å²) in [5, 5.41) is 2.79. The number of carbonyl (C=O) groups is 2. The normalized spacial score (nSPS) is 13.7. The molecule has 2 atom stereocenters. The van der Waals surface area contributed by atoms with Gasteiger partial charge in [-0.3, -0.25) is 4.79 Å². The summed E-state index contributed by atoms with van der Waals surface area (Å²) in [6, 6.07) is 7.44. The smallest absolute Gasteiger partial charge is 0.329 e. The Morgan fingerprint density at radius 2 is 1.71 bits per heavy atom. The van der Waals surface area contributed by atoms with E-state index in [1.807, 2.05) is 38.1 Å². The maximum atomic E-state index is 12.5. The Morgan fingerprint density at radius 3 is 2.17 bits per heavy atom. The number of carbonyl (C=O) groups excluding carboxylic acids is 2. The van der Waals surface area contributed by atoms with Crippen molar-refractivity contribution in [2.24, 2.45) is 5.92 Å². The van der Waals surface area contributed by atoms with Gasteiger partial charge in [0.2, 0.25) is 5.91 Å². The van der Waals surface area contributed by atoms with E-state index in [9.17, 15) is 9.59 Å². The zero-order valence-electron chi connectivity index (χ0n) is 15.6. The maximum Gasteiger partial charge on any atom is 0.329 e. The first-order chi connectivity index (χ1) is 11.2. The minimum absolute atomic E-state index is 0.177. The standard InChI is InChI=1S/C19H30N2O3/c1-13(2)11-15-7-9-16(10-8-15)14(3)18(22)20-17(12-21(4)5)19(23)24-6/h7-10,13-14,17H,11-12H2,1-6H3,(H,20,22). The highest BCUT2D eigenvalue weighted by Gasteiger charge is 2.25. The molecule has 2 unspecified atom stereocenters. The minimum atomic E-state index is -0.667. The highest BCUT2D eigenvalue weighted by atomic mass is 16.5. The number of hydrogen-bond donors (Lipinski definition) is 1. The van der Waals surface area contributed by atoms with Crippen LogP contribution in [0.1, 0.15) is 37.8 Å². The van der Waals surface area contributed by atoms with Crippen LogP contribution >= 0.6 is 0 Å². The van der Waals surface area contributed by atoms with Crippen LogP contribution in [0, 0.1) is 5.92 Å². The summed E-state index contributed by atoms with van der Waals surface area (Å²) in [6.07, 6.45) is 1.02. The third kappa shape index (κ3) is 6.32. The van der Waals surface area contributed by atoms with Crippen molar-refractivity contribution >= 4 is 11.9 Å². The highest BCUT2D eigenvalue weighted by molar-refractivity contribution is 5.88. The van der Waals surface area contributed by atoms with E-state index in [0.717, 1.165) is 12.0 Å². The molecule has 1 aromatic rings. The topological polar surface area (TPSA) is 58.6 Å². The quantitative estimate of drug-likeness (QED) is 0.741. The van der Waals surface area contributed by atoms with E-state index < -0.39 is 12.0 Å². The Kier molecular flexibility index (Phi) is 7.92. The van der Waals surface area contributed by atoms with Crippen LogP contribution in [0.3, 0.4) is 0 Å². The summed E-state index contributed by atoms with van der Waals surface area (Å²) in [4.78, 5) is 26.1. The Morgan fingerprint density at radius 1 is 1.12 bits per heavy atom. The predicted octanol–water partition coefficient (Wildman–Crippen LogP) is 2.21. The van der Waals surface area contributed by atoms with E-state index in [1.54, 1.807) is 0 Å². The Labute approximate surface area is 145 Å². The van der Waals surface area contributed by atoms with Gasteiger partial charge < -0.3 is 15.0 Å². The molecule has 0 saturated carbocycles. The minimum Gasteiger partial charge on any atom is -0.467 e. The lowest BCUT2D eigenvalue weighted by Crippen LogP contribution is -2.48. The largest absolute Gasteiger partial charge is 0.467 e. The van der Waals surface area contributed by atoms with E-state index >= 15 is 0 Å². The molecule has 1 rings (SSSR count). The van der Waals surface area contributed by atoms with Crippen molar-refractivity contribution < 1.29 is 14.3 Å². The second kappa shape index (κ2) is 9.42. The number of amides is 1. The second-order valence-corrected chi connectivity index (χ2v) is 6.91. The van der Waals surface area contributed by atoms with E-state index in [1.165, 1.54) is 12.7 Å². The number of benzene rings is 1. The van der Waals surface area contributed by atoms with Gasteiger partial charge in [0.1, 0.15) is 6.04 Å². The van der Waals surface area contributed by atoms with Crippen LogP contribution in [0.5, 0.6) is 0 Å². The van der Waals surface area contributed by atoms with Gasteiger partial charge in [0, 0.05) is 6.54 Å². The van der Waals surface area contributed by atoms with Crippen molar-refractivity contribution in [3.63, 3.8) is 0 Å². The maximum absolute atomic E-state index is 12.5. The molecule has 0 heterocycles. The van der Waals surface area contributed by atoms with Crippen LogP contribution in [0.2, 0.25) is 0 Å². The van der Waals surface area contributed by atoms with Gasteiger partial charge in [-0.2, -0.15) is 0 Å². The van der Waals surface area contributed by atoms with Crippen LogP contribution in [0.25, 0.3) is 0 Å². The Hall–Kier alpha value is -1.88. The number of esters is 1. The van der Waals surface area contributed by atoms with Gasteiger partial charge in [0.25, 0.3) is 0 Å². The second-order valence-electron chi connectivity index (χ2n) is 6.91. The molecule has 0 spiro atoms. The van der Waals surface area contributed by atoms with E-state index in [2.05, 4.69) is 31.3 Å². The van der Waals surface area contributed by atoms with Crippen molar-refractivity contribution in [2.75, 3.05) is 27.7 Å². The molecule has 0 aliphatic carbocycles. The number of nitrogens with zero attached hydrogens (tertiary/aromatic N) is 1. The number of hydrogen-bond acceptors (Lipinski definition) is 4. The Balaban J connectivity index is 2.76. The molecule has 1 aromatic carbocycles.